The lowest BCUT2D eigenvalue weighted by Crippen LogP contribution is -2.53. The van der Waals surface area contributed by atoms with Crippen LogP contribution in [0.5, 0.6) is 0 Å². The largest absolute Gasteiger partial charge is 0.371 e. The monoisotopic (exact) mass is 469 g/mol. The average molecular weight is 470 g/mol. The van der Waals surface area contributed by atoms with Gasteiger partial charge in [0.05, 0.1) is 33.8 Å². The summed E-state index contributed by atoms with van der Waals surface area (Å²) in [6.45, 7) is 7.77. The van der Waals surface area contributed by atoms with Gasteiger partial charge in [0.15, 0.2) is 0 Å². The first-order valence-electron chi connectivity index (χ1n) is 11.7. The van der Waals surface area contributed by atoms with Crippen LogP contribution in [0.2, 0.25) is 0 Å². The zero-order chi connectivity index (χ0) is 22.9. The summed E-state index contributed by atoms with van der Waals surface area (Å²) < 4.78 is 1.06. The van der Waals surface area contributed by atoms with Crippen LogP contribution in [-0.2, 0) is 0 Å². The molecule has 1 atom stereocenters. The van der Waals surface area contributed by atoms with E-state index < -0.39 is 0 Å². The summed E-state index contributed by atoms with van der Waals surface area (Å²) in [5.41, 5.74) is 5.05. The van der Waals surface area contributed by atoms with Crippen molar-refractivity contribution < 1.29 is 0 Å². The van der Waals surface area contributed by atoms with Gasteiger partial charge in [-0.3, -0.25) is 9.88 Å². The van der Waals surface area contributed by atoms with E-state index in [2.05, 4.69) is 67.0 Å². The van der Waals surface area contributed by atoms with Crippen molar-refractivity contribution in [2.45, 2.75) is 13.1 Å². The van der Waals surface area contributed by atoms with Crippen molar-refractivity contribution in [3.63, 3.8) is 0 Å². The first kappa shape index (κ1) is 21.2. The van der Waals surface area contributed by atoms with Crippen LogP contribution in [0.15, 0.2) is 72.2 Å². The molecule has 5 heterocycles. The van der Waals surface area contributed by atoms with E-state index >= 15 is 0 Å². The van der Waals surface area contributed by atoms with Gasteiger partial charge >= 0.3 is 0 Å². The van der Waals surface area contributed by atoms with Crippen LogP contribution < -0.4 is 10.6 Å². The highest BCUT2D eigenvalue weighted by Gasteiger charge is 2.22. The quantitative estimate of drug-likeness (QED) is 0.452. The van der Waals surface area contributed by atoms with E-state index in [1.807, 2.05) is 36.8 Å². The number of aromatic nitrogens is 3. The van der Waals surface area contributed by atoms with E-state index in [9.17, 15) is 0 Å². The van der Waals surface area contributed by atoms with E-state index in [4.69, 9.17) is 4.98 Å². The first-order chi connectivity index (χ1) is 16.8. The molecule has 1 saturated heterocycles. The second-order valence-electron chi connectivity index (χ2n) is 8.64. The van der Waals surface area contributed by atoms with Crippen molar-refractivity contribution >= 4 is 38.4 Å². The maximum Gasteiger partial charge on any atom is 0.227 e. The molecule has 0 radical (unpaired) electrons. The molecule has 1 unspecified atom stereocenters. The highest BCUT2D eigenvalue weighted by atomic mass is 32.1. The highest BCUT2D eigenvalue weighted by Crippen LogP contribution is 2.33. The molecule has 0 saturated carbocycles. The Balaban J connectivity index is 1.19. The Morgan fingerprint density at radius 3 is 2.82 bits per heavy atom. The molecule has 1 fully saturated rings. The number of piperazine rings is 1. The molecule has 8 heteroatoms. The number of pyridine rings is 1. The van der Waals surface area contributed by atoms with Crippen LogP contribution in [0.1, 0.15) is 6.92 Å². The number of fused-ring (bicyclic) bond motifs is 2. The summed E-state index contributed by atoms with van der Waals surface area (Å²) in [6, 6.07) is 10.4. The molecule has 0 amide bonds. The van der Waals surface area contributed by atoms with E-state index in [-0.39, 0.29) is 6.17 Å². The Morgan fingerprint density at radius 2 is 2.00 bits per heavy atom. The van der Waals surface area contributed by atoms with E-state index in [0.29, 0.717) is 5.95 Å². The second kappa shape index (κ2) is 9.13. The van der Waals surface area contributed by atoms with Gasteiger partial charge in [0.2, 0.25) is 5.95 Å². The van der Waals surface area contributed by atoms with Gasteiger partial charge < -0.3 is 15.5 Å². The fourth-order valence-corrected chi connectivity index (χ4v) is 5.45. The lowest BCUT2D eigenvalue weighted by atomic mass is 10.1. The Morgan fingerprint density at radius 1 is 1.12 bits per heavy atom. The normalized spacial score (nSPS) is 19.3. The Hall–Kier alpha value is -3.33. The summed E-state index contributed by atoms with van der Waals surface area (Å²) in [4.78, 5) is 19.0. The molecule has 1 aromatic carbocycles. The minimum absolute atomic E-state index is 0.233. The zero-order valence-corrected chi connectivity index (χ0v) is 19.9. The minimum atomic E-state index is 0.233. The van der Waals surface area contributed by atoms with E-state index in [1.165, 1.54) is 0 Å². The van der Waals surface area contributed by atoms with E-state index in [1.54, 1.807) is 11.3 Å². The third kappa shape index (κ3) is 4.16. The molecule has 2 aliphatic heterocycles. The van der Waals surface area contributed by atoms with Gasteiger partial charge in [-0.05, 0) is 30.8 Å². The number of allylic oxidation sites excluding steroid dienone is 1. The number of nitrogens with one attached hydrogen (secondary N) is 2. The van der Waals surface area contributed by atoms with Gasteiger partial charge in [-0.25, -0.2) is 9.97 Å². The molecule has 6 rings (SSSR count). The molecule has 172 valence electrons. The Kier molecular flexibility index (Phi) is 5.70. The average Bonchev–Trinajstić information content (AvgIpc) is 3.32. The van der Waals surface area contributed by atoms with Gasteiger partial charge in [0.1, 0.15) is 0 Å². The number of likely N-dealkylation sites (N-methyl/N-ethyl adjacent to an activating group) is 1. The standard InChI is InChI=1S/C26H27N7S/c1-2-32-9-11-33(12-10-32)24-8-7-20(15-28-24)30-26-29-16-23-25(31-26)21(17-34-23)19-13-18-5-3-4-6-22(18)27-14-19/h3-8,13-17,24,28H,2,9-12H2,1H3,(H,29,30,31). The van der Waals surface area contributed by atoms with Crippen LogP contribution in [0.3, 0.4) is 0 Å². The number of para-hydroxylation sites is 1. The van der Waals surface area contributed by atoms with Gasteiger partial charge in [0, 0.05) is 60.5 Å². The van der Waals surface area contributed by atoms with Crippen molar-refractivity contribution in [3.8, 4) is 11.1 Å². The molecule has 0 bridgehead atoms. The number of thiophene rings is 1. The molecular formula is C26H27N7S. The molecular weight excluding hydrogens is 442 g/mol. The van der Waals surface area contributed by atoms with Gasteiger partial charge in [-0.15, -0.1) is 11.3 Å². The maximum atomic E-state index is 4.85. The predicted molar refractivity (Wildman–Crippen MR) is 140 cm³/mol. The van der Waals surface area contributed by atoms with Crippen LogP contribution in [0, 0.1) is 0 Å². The van der Waals surface area contributed by atoms with Crippen LogP contribution in [0.25, 0.3) is 32.2 Å². The van der Waals surface area contributed by atoms with Crippen LogP contribution in [0.4, 0.5) is 5.95 Å². The molecule has 4 aromatic rings. The second-order valence-corrected chi connectivity index (χ2v) is 9.55. The van der Waals surface area contributed by atoms with Crippen molar-refractivity contribution in [1.29, 1.82) is 0 Å². The number of rotatable bonds is 5. The molecule has 7 nitrogen and oxygen atoms in total. The van der Waals surface area contributed by atoms with Crippen molar-refractivity contribution in [1.82, 2.24) is 30.1 Å². The minimum Gasteiger partial charge on any atom is -0.371 e. The topological polar surface area (TPSA) is 69.2 Å². The molecule has 2 N–H and O–H groups in total. The lowest BCUT2D eigenvalue weighted by Gasteiger charge is -2.38. The smallest absolute Gasteiger partial charge is 0.227 e. The van der Waals surface area contributed by atoms with E-state index in [0.717, 1.165) is 70.7 Å². The summed E-state index contributed by atoms with van der Waals surface area (Å²) in [5, 5.41) is 10.1. The number of hydrogen-bond donors (Lipinski definition) is 2. The molecule has 0 spiro atoms. The van der Waals surface area contributed by atoms with Crippen LogP contribution >= 0.6 is 11.3 Å². The maximum absolute atomic E-state index is 4.85. The molecule has 3 aromatic heterocycles. The van der Waals surface area contributed by atoms with Gasteiger partial charge in [0.25, 0.3) is 0 Å². The van der Waals surface area contributed by atoms with Gasteiger partial charge in [-0.2, -0.15) is 0 Å². The highest BCUT2D eigenvalue weighted by molar-refractivity contribution is 7.17. The SMILES string of the molecule is CCN1CCN(C2C=CC(Nc3ncc4scc(-c5cnc6ccccc6c5)c4n3)=CN2)CC1. The summed E-state index contributed by atoms with van der Waals surface area (Å²) in [7, 11) is 0. The fourth-order valence-electron chi connectivity index (χ4n) is 4.58. The Bertz CT molecular complexity index is 1380. The number of nitrogens with zero attached hydrogens (tertiary/aromatic N) is 5. The fraction of sp³-hybridized carbons (Fsp3) is 0.269. The number of dihydropyridines is 1. The summed E-state index contributed by atoms with van der Waals surface area (Å²) in [6.07, 6.45) is 10.4. The zero-order valence-electron chi connectivity index (χ0n) is 19.1. The van der Waals surface area contributed by atoms with Crippen molar-refractivity contribution in [3.05, 3.63) is 72.2 Å². The Labute approximate surface area is 202 Å². The van der Waals surface area contributed by atoms with Crippen molar-refractivity contribution in [2.24, 2.45) is 0 Å². The predicted octanol–water partition coefficient (Wildman–Crippen LogP) is 4.28. The summed E-state index contributed by atoms with van der Waals surface area (Å²) in [5.74, 6) is 0.591. The molecule has 2 aliphatic rings. The first-order valence-corrected chi connectivity index (χ1v) is 12.6. The molecule has 0 aliphatic carbocycles. The number of hydrogen-bond acceptors (Lipinski definition) is 8. The lowest BCUT2D eigenvalue weighted by molar-refractivity contribution is 0.108. The molecule has 34 heavy (non-hydrogen) atoms. The third-order valence-electron chi connectivity index (χ3n) is 6.59. The van der Waals surface area contributed by atoms with Crippen LogP contribution in [-0.4, -0.2) is 63.6 Å². The van der Waals surface area contributed by atoms with Crippen molar-refractivity contribution in [2.75, 3.05) is 38.0 Å². The number of anilines is 1. The summed E-state index contributed by atoms with van der Waals surface area (Å²) >= 11 is 1.66. The third-order valence-corrected chi connectivity index (χ3v) is 7.49. The van der Waals surface area contributed by atoms with Gasteiger partial charge in [-0.1, -0.05) is 25.1 Å². The number of benzene rings is 1.